The van der Waals surface area contributed by atoms with E-state index in [1.165, 1.54) is 6.07 Å². The van der Waals surface area contributed by atoms with Gasteiger partial charge in [-0.15, -0.1) is 0 Å². The molecule has 0 aliphatic rings. The number of rotatable bonds is 2. The molecule has 0 aliphatic carbocycles. The SMILES string of the molecule is CNc1n[nH]c(C#Cc2cc3ncn(C)c3cc2F)c1C(N)=O. The number of nitrogens with two attached hydrogens (primary N) is 1. The molecule has 0 radical (unpaired) electrons. The maximum atomic E-state index is 14.1. The van der Waals surface area contributed by atoms with Gasteiger partial charge in [0.25, 0.3) is 5.91 Å². The fourth-order valence-electron chi connectivity index (χ4n) is 2.23. The number of fused-ring (bicyclic) bond motifs is 1. The summed E-state index contributed by atoms with van der Waals surface area (Å²) >= 11 is 0. The van der Waals surface area contributed by atoms with Crippen molar-refractivity contribution in [2.45, 2.75) is 0 Å². The van der Waals surface area contributed by atoms with Crippen molar-refractivity contribution in [2.24, 2.45) is 12.8 Å². The number of aromatic nitrogens is 4. The van der Waals surface area contributed by atoms with Crippen molar-refractivity contribution in [3.05, 3.63) is 41.1 Å². The van der Waals surface area contributed by atoms with E-state index in [-0.39, 0.29) is 16.8 Å². The van der Waals surface area contributed by atoms with Crippen LogP contribution in [-0.2, 0) is 7.05 Å². The number of imidazole rings is 1. The largest absolute Gasteiger partial charge is 0.371 e. The van der Waals surface area contributed by atoms with Crippen LogP contribution in [0.15, 0.2) is 18.5 Å². The molecule has 3 aromatic rings. The van der Waals surface area contributed by atoms with E-state index in [9.17, 15) is 9.18 Å². The number of nitrogens with one attached hydrogen (secondary N) is 2. The Kier molecular flexibility index (Phi) is 3.46. The summed E-state index contributed by atoms with van der Waals surface area (Å²) in [5, 5.41) is 9.24. The smallest absolute Gasteiger partial charge is 0.255 e. The first kappa shape index (κ1) is 14.6. The van der Waals surface area contributed by atoms with Gasteiger partial charge in [-0.3, -0.25) is 9.89 Å². The molecule has 3 rings (SSSR count). The second kappa shape index (κ2) is 5.46. The Morgan fingerprint density at radius 1 is 1.43 bits per heavy atom. The van der Waals surface area contributed by atoms with E-state index in [1.54, 1.807) is 31.1 Å². The molecule has 0 saturated carbocycles. The molecule has 8 heteroatoms. The molecule has 0 saturated heterocycles. The van der Waals surface area contributed by atoms with Gasteiger partial charge >= 0.3 is 0 Å². The quantitative estimate of drug-likeness (QED) is 0.614. The van der Waals surface area contributed by atoms with Gasteiger partial charge in [-0.1, -0.05) is 5.92 Å². The Balaban J connectivity index is 2.07. The predicted octanol–water partition coefficient (Wildman–Crippen LogP) is 0.976. The Morgan fingerprint density at radius 3 is 2.91 bits per heavy atom. The van der Waals surface area contributed by atoms with Crippen LogP contribution in [0.2, 0.25) is 0 Å². The van der Waals surface area contributed by atoms with E-state index >= 15 is 0 Å². The topological polar surface area (TPSA) is 102 Å². The fraction of sp³-hybridized carbons (Fsp3) is 0.133. The molecule has 116 valence electrons. The van der Waals surface area contributed by atoms with Gasteiger partial charge in [-0.25, -0.2) is 9.37 Å². The summed E-state index contributed by atoms with van der Waals surface area (Å²) in [5.41, 5.74) is 7.16. The Labute approximate surface area is 130 Å². The standard InChI is InChI=1S/C15H13FN6O/c1-18-15-13(14(17)23)10(20-21-15)4-3-8-5-11-12(6-9(8)16)22(2)7-19-11/h5-7H,1-2H3,(H2,17,23)(H2,18,20,21). The molecular formula is C15H13FN6O. The molecule has 4 N–H and O–H groups in total. The number of carbonyl (C=O) groups excluding carboxylic acids is 1. The number of aromatic amines is 1. The molecular weight excluding hydrogens is 299 g/mol. The lowest BCUT2D eigenvalue weighted by Crippen LogP contribution is -2.13. The summed E-state index contributed by atoms with van der Waals surface area (Å²) in [5.74, 6) is 4.53. The highest BCUT2D eigenvalue weighted by Crippen LogP contribution is 2.18. The summed E-state index contributed by atoms with van der Waals surface area (Å²) in [6, 6.07) is 2.92. The average Bonchev–Trinajstić information content (AvgIpc) is 3.09. The minimum absolute atomic E-state index is 0.138. The lowest BCUT2D eigenvalue weighted by molar-refractivity contribution is 0.100. The number of anilines is 1. The third-order valence-corrected chi connectivity index (χ3v) is 3.39. The molecule has 0 unspecified atom stereocenters. The zero-order chi connectivity index (χ0) is 16.6. The van der Waals surface area contributed by atoms with Crippen LogP contribution in [0.25, 0.3) is 11.0 Å². The molecule has 0 spiro atoms. The Morgan fingerprint density at radius 2 is 2.22 bits per heavy atom. The average molecular weight is 312 g/mol. The molecule has 0 atom stereocenters. The Hall–Kier alpha value is -3.34. The zero-order valence-electron chi connectivity index (χ0n) is 12.4. The van der Waals surface area contributed by atoms with Crippen molar-refractivity contribution >= 4 is 22.8 Å². The third-order valence-electron chi connectivity index (χ3n) is 3.39. The van der Waals surface area contributed by atoms with Gasteiger partial charge in [-0.2, -0.15) is 5.10 Å². The number of amides is 1. The highest BCUT2D eigenvalue weighted by molar-refractivity contribution is 5.99. The van der Waals surface area contributed by atoms with E-state index in [4.69, 9.17) is 5.73 Å². The van der Waals surface area contributed by atoms with E-state index in [0.717, 1.165) is 0 Å². The van der Waals surface area contributed by atoms with Gasteiger partial charge in [0.1, 0.15) is 17.1 Å². The highest BCUT2D eigenvalue weighted by Gasteiger charge is 2.16. The molecule has 0 fully saturated rings. The molecule has 1 aromatic carbocycles. The molecule has 2 aromatic heterocycles. The fourth-order valence-corrected chi connectivity index (χ4v) is 2.23. The molecule has 1 amide bonds. The summed E-state index contributed by atoms with van der Waals surface area (Å²) < 4.78 is 15.9. The van der Waals surface area contributed by atoms with Gasteiger partial charge in [0.15, 0.2) is 5.82 Å². The number of hydrogen-bond donors (Lipinski definition) is 3. The van der Waals surface area contributed by atoms with Gasteiger partial charge in [0.2, 0.25) is 0 Å². The van der Waals surface area contributed by atoms with Gasteiger partial charge in [0, 0.05) is 20.2 Å². The van der Waals surface area contributed by atoms with Crippen LogP contribution in [-0.4, -0.2) is 32.7 Å². The van der Waals surface area contributed by atoms with E-state index < -0.39 is 11.7 Å². The van der Waals surface area contributed by atoms with Crippen LogP contribution in [0.4, 0.5) is 10.2 Å². The Bertz CT molecular complexity index is 975. The second-order valence-electron chi connectivity index (χ2n) is 4.86. The van der Waals surface area contributed by atoms with Crippen LogP contribution >= 0.6 is 0 Å². The van der Waals surface area contributed by atoms with Gasteiger partial charge in [-0.05, 0) is 12.0 Å². The molecule has 23 heavy (non-hydrogen) atoms. The molecule has 2 heterocycles. The number of aryl methyl sites for hydroxylation is 1. The summed E-state index contributed by atoms with van der Waals surface area (Å²) in [7, 11) is 3.39. The summed E-state index contributed by atoms with van der Waals surface area (Å²) in [4.78, 5) is 15.6. The third kappa shape index (κ3) is 2.48. The first-order valence-corrected chi connectivity index (χ1v) is 6.69. The van der Waals surface area contributed by atoms with Crippen LogP contribution in [0, 0.1) is 17.7 Å². The second-order valence-corrected chi connectivity index (χ2v) is 4.86. The zero-order valence-corrected chi connectivity index (χ0v) is 12.4. The minimum Gasteiger partial charge on any atom is -0.371 e. The molecule has 7 nitrogen and oxygen atoms in total. The van der Waals surface area contributed by atoms with E-state index in [1.807, 2.05) is 0 Å². The van der Waals surface area contributed by atoms with Crippen molar-refractivity contribution in [3.63, 3.8) is 0 Å². The van der Waals surface area contributed by atoms with Crippen LogP contribution in [0.1, 0.15) is 21.6 Å². The minimum atomic E-state index is -0.673. The van der Waals surface area contributed by atoms with E-state index in [2.05, 4.69) is 32.3 Å². The van der Waals surface area contributed by atoms with Crippen molar-refractivity contribution in [1.82, 2.24) is 19.7 Å². The van der Waals surface area contributed by atoms with Gasteiger partial charge in [0.05, 0.1) is 22.9 Å². The number of nitrogens with zero attached hydrogens (tertiary/aromatic N) is 3. The highest BCUT2D eigenvalue weighted by atomic mass is 19.1. The maximum Gasteiger partial charge on any atom is 0.255 e. The monoisotopic (exact) mass is 312 g/mol. The summed E-state index contributed by atoms with van der Waals surface area (Å²) in [6.45, 7) is 0. The number of benzene rings is 1. The van der Waals surface area contributed by atoms with Crippen molar-refractivity contribution < 1.29 is 9.18 Å². The first-order valence-electron chi connectivity index (χ1n) is 6.69. The van der Waals surface area contributed by atoms with Crippen LogP contribution in [0.5, 0.6) is 0 Å². The number of primary amides is 1. The number of hydrogen-bond acceptors (Lipinski definition) is 4. The normalized spacial score (nSPS) is 10.4. The van der Waals surface area contributed by atoms with Crippen LogP contribution < -0.4 is 11.1 Å². The number of halogens is 1. The van der Waals surface area contributed by atoms with E-state index in [0.29, 0.717) is 16.9 Å². The predicted molar refractivity (Wildman–Crippen MR) is 83.3 cm³/mol. The number of H-pyrrole nitrogens is 1. The van der Waals surface area contributed by atoms with Gasteiger partial charge < -0.3 is 15.6 Å². The first-order chi connectivity index (χ1) is 11.0. The molecule has 0 bridgehead atoms. The van der Waals surface area contributed by atoms with Crippen molar-refractivity contribution in [2.75, 3.05) is 12.4 Å². The lowest BCUT2D eigenvalue weighted by atomic mass is 10.1. The molecule has 0 aliphatic heterocycles. The maximum absolute atomic E-state index is 14.1. The number of carbonyl (C=O) groups is 1. The van der Waals surface area contributed by atoms with Crippen molar-refractivity contribution in [1.29, 1.82) is 0 Å². The summed E-state index contributed by atoms with van der Waals surface area (Å²) in [6.07, 6.45) is 1.60. The van der Waals surface area contributed by atoms with Crippen LogP contribution in [0.3, 0.4) is 0 Å². The van der Waals surface area contributed by atoms with Crippen molar-refractivity contribution in [3.8, 4) is 11.8 Å². The lowest BCUT2D eigenvalue weighted by Gasteiger charge is -1.98.